The Morgan fingerprint density at radius 1 is 1.24 bits per heavy atom. The van der Waals surface area contributed by atoms with E-state index in [0.717, 1.165) is 11.4 Å². The molecule has 0 spiro atoms. The average Bonchev–Trinajstić information content (AvgIpc) is 2.64. The quantitative estimate of drug-likeness (QED) is 0.930. The fourth-order valence-corrected chi connectivity index (χ4v) is 2.84. The van der Waals surface area contributed by atoms with Crippen molar-refractivity contribution < 1.29 is 9.18 Å². The SMILES string of the molecule is Cc1ccc([C@@H](C)NC(=O)N2CCN(c3cccnn3)CC2)cc1F. The third kappa shape index (κ3) is 4.04. The van der Waals surface area contributed by atoms with Crippen LogP contribution in [0.25, 0.3) is 0 Å². The van der Waals surface area contributed by atoms with Gasteiger partial charge in [-0.1, -0.05) is 12.1 Å². The van der Waals surface area contributed by atoms with E-state index in [9.17, 15) is 9.18 Å². The first-order valence-corrected chi connectivity index (χ1v) is 8.39. The predicted molar refractivity (Wildman–Crippen MR) is 93.9 cm³/mol. The first-order chi connectivity index (χ1) is 12.0. The lowest BCUT2D eigenvalue weighted by Crippen LogP contribution is -2.52. The van der Waals surface area contributed by atoms with Crippen molar-refractivity contribution >= 4 is 11.8 Å². The average molecular weight is 343 g/mol. The first-order valence-electron chi connectivity index (χ1n) is 8.39. The second-order valence-corrected chi connectivity index (χ2v) is 6.24. The van der Waals surface area contributed by atoms with Gasteiger partial charge in [-0.3, -0.25) is 0 Å². The van der Waals surface area contributed by atoms with Gasteiger partial charge in [-0.15, -0.1) is 5.10 Å². The standard InChI is InChI=1S/C18H22FN5O/c1-13-5-6-15(12-16(13)19)14(2)21-18(25)24-10-8-23(9-11-24)17-4-3-7-20-22-17/h3-7,12,14H,8-11H2,1-2H3,(H,21,25)/t14-/m1/s1. The molecule has 0 radical (unpaired) electrons. The predicted octanol–water partition coefficient (Wildman–Crippen LogP) is 2.52. The number of carbonyl (C=O) groups excluding carboxylic acids is 1. The summed E-state index contributed by atoms with van der Waals surface area (Å²) < 4.78 is 13.7. The van der Waals surface area contributed by atoms with E-state index in [1.165, 1.54) is 6.07 Å². The van der Waals surface area contributed by atoms with Crippen LogP contribution in [0.4, 0.5) is 15.0 Å². The van der Waals surface area contributed by atoms with Crippen molar-refractivity contribution in [2.24, 2.45) is 0 Å². The van der Waals surface area contributed by atoms with Crippen molar-refractivity contribution in [3.05, 3.63) is 53.5 Å². The maximum Gasteiger partial charge on any atom is 0.317 e. The zero-order valence-electron chi connectivity index (χ0n) is 14.4. The van der Waals surface area contributed by atoms with E-state index in [1.54, 1.807) is 24.1 Å². The maximum absolute atomic E-state index is 13.7. The van der Waals surface area contributed by atoms with Crippen molar-refractivity contribution in [1.29, 1.82) is 0 Å². The molecule has 132 valence electrons. The van der Waals surface area contributed by atoms with E-state index in [0.29, 0.717) is 31.7 Å². The number of anilines is 1. The lowest BCUT2D eigenvalue weighted by Gasteiger charge is -2.35. The van der Waals surface area contributed by atoms with E-state index in [-0.39, 0.29) is 17.9 Å². The largest absolute Gasteiger partial charge is 0.352 e. The van der Waals surface area contributed by atoms with E-state index in [1.807, 2.05) is 25.1 Å². The highest BCUT2D eigenvalue weighted by Gasteiger charge is 2.23. The molecule has 1 saturated heterocycles. The molecule has 0 aliphatic carbocycles. The Labute approximate surface area is 146 Å². The summed E-state index contributed by atoms with van der Waals surface area (Å²) >= 11 is 0. The number of piperazine rings is 1. The Bertz CT molecular complexity index is 732. The molecular formula is C18H22FN5O. The van der Waals surface area contributed by atoms with Gasteiger partial charge in [0.05, 0.1) is 6.04 Å². The van der Waals surface area contributed by atoms with Gasteiger partial charge in [0.2, 0.25) is 0 Å². The fourth-order valence-electron chi connectivity index (χ4n) is 2.84. The van der Waals surface area contributed by atoms with E-state index < -0.39 is 0 Å². The number of nitrogens with zero attached hydrogens (tertiary/aromatic N) is 4. The Balaban J connectivity index is 1.55. The summed E-state index contributed by atoms with van der Waals surface area (Å²) in [4.78, 5) is 16.3. The normalized spacial score (nSPS) is 15.8. The van der Waals surface area contributed by atoms with Crippen molar-refractivity contribution in [3.8, 4) is 0 Å². The minimum absolute atomic E-state index is 0.132. The second-order valence-electron chi connectivity index (χ2n) is 6.24. The molecule has 1 aliphatic heterocycles. The number of nitrogens with one attached hydrogen (secondary N) is 1. The summed E-state index contributed by atoms with van der Waals surface area (Å²) in [5.74, 6) is 0.572. The summed E-state index contributed by atoms with van der Waals surface area (Å²) in [7, 11) is 0. The Hall–Kier alpha value is -2.70. The monoisotopic (exact) mass is 343 g/mol. The van der Waals surface area contributed by atoms with Crippen LogP contribution < -0.4 is 10.2 Å². The lowest BCUT2D eigenvalue weighted by molar-refractivity contribution is 0.191. The van der Waals surface area contributed by atoms with Gasteiger partial charge >= 0.3 is 6.03 Å². The summed E-state index contributed by atoms with van der Waals surface area (Å²) in [6.07, 6.45) is 1.64. The van der Waals surface area contributed by atoms with Gasteiger partial charge in [0.15, 0.2) is 5.82 Å². The van der Waals surface area contributed by atoms with Gasteiger partial charge < -0.3 is 15.1 Å². The summed E-state index contributed by atoms with van der Waals surface area (Å²) in [5.41, 5.74) is 1.36. The molecule has 2 aromatic rings. The van der Waals surface area contributed by atoms with Crippen molar-refractivity contribution in [1.82, 2.24) is 20.4 Å². The molecule has 1 atom stereocenters. The molecule has 2 amide bonds. The van der Waals surface area contributed by atoms with E-state index in [2.05, 4.69) is 20.4 Å². The number of aromatic nitrogens is 2. The number of rotatable bonds is 3. The third-order valence-electron chi connectivity index (χ3n) is 4.48. The zero-order valence-corrected chi connectivity index (χ0v) is 14.4. The van der Waals surface area contributed by atoms with Gasteiger partial charge in [-0.05, 0) is 43.2 Å². The topological polar surface area (TPSA) is 61.4 Å². The number of benzene rings is 1. The minimum Gasteiger partial charge on any atom is -0.352 e. The number of urea groups is 1. The molecule has 0 unspecified atom stereocenters. The number of halogens is 1. The minimum atomic E-state index is -0.254. The van der Waals surface area contributed by atoms with Crippen LogP contribution in [0.15, 0.2) is 36.5 Å². The molecule has 7 heteroatoms. The zero-order chi connectivity index (χ0) is 17.8. The van der Waals surface area contributed by atoms with Crippen molar-refractivity contribution in [2.45, 2.75) is 19.9 Å². The highest BCUT2D eigenvalue weighted by Crippen LogP contribution is 2.17. The van der Waals surface area contributed by atoms with Crippen LogP contribution in [0.2, 0.25) is 0 Å². The van der Waals surface area contributed by atoms with Gasteiger partial charge in [-0.2, -0.15) is 5.10 Å². The van der Waals surface area contributed by atoms with Crippen LogP contribution in [-0.2, 0) is 0 Å². The van der Waals surface area contributed by atoms with Crippen LogP contribution in [0.1, 0.15) is 24.1 Å². The molecule has 0 saturated carbocycles. The van der Waals surface area contributed by atoms with Gasteiger partial charge in [0.25, 0.3) is 0 Å². The van der Waals surface area contributed by atoms with Gasteiger partial charge in [0.1, 0.15) is 5.82 Å². The fraction of sp³-hybridized carbons (Fsp3) is 0.389. The first kappa shape index (κ1) is 17.1. The molecule has 1 aliphatic rings. The molecule has 1 fully saturated rings. The third-order valence-corrected chi connectivity index (χ3v) is 4.48. The Morgan fingerprint density at radius 2 is 2.00 bits per heavy atom. The molecule has 25 heavy (non-hydrogen) atoms. The number of hydrogen-bond donors (Lipinski definition) is 1. The lowest BCUT2D eigenvalue weighted by atomic mass is 10.1. The molecule has 6 nitrogen and oxygen atoms in total. The molecule has 1 aromatic carbocycles. The van der Waals surface area contributed by atoms with Crippen LogP contribution in [0.3, 0.4) is 0 Å². The molecule has 1 aromatic heterocycles. The molecule has 1 N–H and O–H groups in total. The molecule has 3 rings (SSSR count). The molecular weight excluding hydrogens is 321 g/mol. The molecule has 0 bridgehead atoms. The number of carbonyl (C=O) groups is 1. The molecule has 2 heterocycles. The highest BCUT2D eigenvalue weighted by atomic mass is 19.1. The van der Waals surface area contributed by atoms with E-state index >= 15 is 0 Å². The van der Waals surface area contributed by atoms with E-state index in [4.69, 9.17) is 0 Å². The van der Waals surface area contributed by atoms with Gasteiger partial charge in [-0.25, -0.2) is 9.18 Å². The summed E-state index contributed by atoms with van der Waals surface area (Å²) in [6, 6.07) is 8.43. The smallest absolute Gasteiger partial charge is 0.317 e. The van der Waals surface area contributed by atoms with Crippen molar-refractivity contribution in [3.63, 3.8) is 0 Å². The number of amides is 2. The highest BCUT2D eigenvalue weighted by molar-refractivity contribution is 5.75. The number of aryl methyl sites for hydroxylation is 1. The summed E-state index contributed by atoms with van der Waals surface area (Å²) in [5, 5.41) is 10.9. The second kappa shape index (κ2) is 7.46. The van der Waals surface area contributed by atoms with Crippen molar-refractivity contribution in [2.75, 3.05) is 31.1 Å². The Kier molecular flexibility index (Phi) is 5.11. The Morgan fingerprint density at radius 3 is 2.64 bits per heavy atom. The van der Waals surface area contributed by atoms with Crippen LogP contribution in [-0.4, -0.2) is 47.3 Å². The summed E-state index contributed by atoms with van der Waals surface area (Å²) in [6.45, 7) is 6.21. The number of hydrogen-bond acceptors (Lipinski definition) is 4. The maximum atomic E-state index is 13.7. The van der Waals surface area contributed by atoms with Gasteiger partial charge in [0, 0.05) is 32.4 Å². The van der Waals surface area contributed by atoms with Crippen LogP contribution >= 0.6 is 0 Å². The van der Waals surface area contributed by atoms with Crippen LogP contribution in [0.5, 0.6) is 0 Å². The van der Waals surface area contributed by atoms with Crippen LogP contribution in [0, 0.1) is 12.7 Å².